The minimum absolute atomic E-state index is 0.0207. The normalized spacial score (nSPS) is 12.5. The molecule has 19 heavy (non-hydrogen) atoms. The van der Waals surface area contributed by atoms with E-state index in [0.29, 0.717) is 5.56 Å². The van der Waals surface area contributed by atoms with Crippen molar-refractivity contribution in [2.75, 3.05) is 12.4 Å². The van der Waals surface area contributed by atoms with Gasteiger partial charge in [0.05, 0.1) is 11.3 Å². The molecule has 1 aromatic rings. The second-order valence-corrected chi connectivity index (χ2v) is 6.19. The number of carbonyl (C=O) groups excluding carboxylic acids is 1. The van der Waals surface area contributed by atoms with E-state index in [4.69, 9.17) is 0 Å². The molecule has 1 heterocycles. The van der Waals surface area contributed by atoms with Crippen LogP contribution >= 0.6 is 11.5 Å². The van der Waals surface area contributed by atoms with E-state index in [9.17, 15) is 4.79 Å². The maximum Gasteiger partial charge on any atom is 0.256 e. The van der Waals surface area contributed by atoms with E-state index in [-0.39, 0.29) is 11.9 Å². The van der Waals surface area contributed by atoms with Crippen molar-refractivity contribution in [1.29, 1.82) is 0 Å². The first-order valence-electron chi connectivity index (χ1n) is 6.90. The summed E-state index contributed by atoms with van der Waals surface area (Å²) in [7, 11) is 1.82. The summed E-state index contributed by atoms with van der Waals surface area (Å²) in [5, 5.41) is 6.92. The molecule has 0 bridgehead atoms. The number of rotatable bonds is 7. The molecule has 1 atom stereocenters. The van der Waals surface area contributed by atoms with Crippen LogP contribution in [0.25, 0.3) is 0 Å². The lowest BCUT2D eigenvalue weighted by Gasteiger charge is -2.15. The number of nitrogens with one attached hydrogen (secondary N) is 2. The van der Waals surface area contributed by atoms with E-state index in [0.717, 1.165) is 29.5 Å². The summed E-state index contributed by atoms with van der Waals surface area (Å²) in [6.07, 6.45) is 3.38. The minimum Gasteiger partial charge on any atom is -0.378 e. The van der Waals surface area contributed by atoms with E-state index < -0.39 is 0 Å². The highest BCUT2D eigenvalue weighted by atomic mass is 32.1. The van der Waals surface area contributed by atoms with Crippen molar-refractivity contribution in [1.82, 2.24) is 9.69 Å². The lowest BCUT2D eigenvalue weighted by atomic mass is 10.0. The average Bonchev–Trinajstić information content (AvgIpc) is 2.69. The molecular weight excluding hydrogens is 258 g/mol. The highest BCUT2D eigenvalue weighted by molar-refractivity contribution is 7.10. The first-order chi connectivity index (χ1) is 8.95. The molecule has 1 amide bonds. The molecule has 0 fully saturated rings. The summed E-state index contributed by atoms with van der Waals surface area (Å²) in [6.45, 7) is 8.38. The molecule has 1 rings (SSSR count). The molecule has 108 valence electrons. The molecular formula is C14H25N3OS. The smallest absolute Gasteiger partial charge is 0.256 e. The zero-order valence-electron chi connectivity index (χ0n) is 12.5. The topological polar surface area (TPSA) is 54.0 Å². The molecule has 1 aromatic heterocycles. The molecule has 2 N–H and O–H groups in total. The third-order valence-corrected chi connectivity index (χ3v) is 4.07. The van der Waals surface area contributed by atoms with Gasteiger partial charge >= 0.3 is 0 Å². The molecule has 0 aliphatic heterocycles. The maximum atomic E-state index is 12.2. The molecule has 1 unspecified atom stereocenters. The minimum atomic E-state index is -0.0207. The Bertz CT molecular complexity index is 415. The van der Waals surface area contributed by atoms with Crippen molar-refractivity contribution in [3.63, 3.8) is 0 Å². The first-order valence-corrected chi connectivity index (χ1v) is 7.68. The lowest BCUT2D eigenvalue weighted by Crippen LogP contribution is -2.33. The number of aromatic nitrogens is 1. The predicted octanol–water partition coefficient (Wildman–Crippen LogP) is 3.44. The molecule has 0 radical (unpaired) electrons. The van der Waals surface area contributed by atoms with E-state index >= 15 is 0 Å². The van der Waals surface area contributed by atoms with Gasteiger partial charge in [0.15, 0.2) is 0 Å². The Labute approximate surface area is 120 Å². The van der Waals surface area contributed by atoms with Gasteiger partial charge in [0.25, 0.3) is 5.91 Å². The van der Waals surface area contributed by atoms with E-state index in [1.54, 1.807) is 0 Å². The van der Waals surface area contributed by atoms with Crippen LogP contribution in [0.1, 0.15) is 56.1 Å². The largest absolute Gasteiger partial charge is 0.378 e. The maximum absolute atomic E-state index is 12.2. The number of hydrogen-bond acceptors (Lipinski definition) is 4. The van der Waals surface area contributed by atoms with Crippen LogP contribution < -0.4 is 10.6 Å². The Morgan fingerprint density at radius 3 is 2.58 bits per heavy atom. The van der Waals surface area contributed by atoms with E-state index in [1.165, 1.54) is 18.0 Å². The van der Waals surface area contributed by atoms with Crippen LogP contribution in [0, 0.1) is 12.8 Å². The number of hydrogen-bond donors (Lipinski definition) is 2. The Hall–Kier alpha value is -1.10. The second-order valence-electron chi connectivity index (χ2n) is 5.42. The first kappa shape index (κ1) is 16.0. The summed E-state index contributed by atoms with van der Waals surface area (Å²) < 4.78 is 4.22. The van der Waals surface area contributed by atoms with Crippen LogP contribution in [0.3, 0.4) is 0 Å². The zero-order chi connectivity index (χ0) is 14.4. The summed E-state index contributed by atoms with van der Waals surface area (Å²) in [5.41, 5.74) is 1.48. The molecule has 0 spiro atoms. The van der Waals surface area contributed by atoms with Crippen LogP contribution in [0.2, 0.25) is 0 Å². The number of nitrogens with zero attached hydrogens (tertiary/aromatic N) is 1. The molecule has 0 saturated heterocycles. The van der Waals surface area contributed by atoms with Gasteiger partial charge in [-0.1, -0.05) is 26.7 Å². The summed E-state index contributed by atoms with van der Waals surface area (Å²) >= 11 is 1.33. The highest BCUT2D eigenvalue weighted by Crippen LogP contribution is 2.23. The zero-order valence-corrected chi connectivity index (χ0v) is 13.4. The van der Waals surface area contributed by atoms with Crippen molar-refractivity contribution >= 4 is 22.4 Å². The number of aryl methyl sites for hydroxylation is 1. The highest BCUT2D eigenvalue weighted by Gasteiger charge is 2.18. The molecule has 4 nitrogen and oxygen atoms in total. The fourth-order valence-corrected chi connectivity index (χ4v) is 2.75. The fraction of sp³-hybridized carbons (Fsp3) is 0.714. The van der Waals surface area contributed by atoms with Gasteiger partial charge < -0.3 is 10.6 Å². The van der Waals surface area contributed by atoms with Crippen molar-refractivity contribution in [2.24, 2.45) is 5.92 Å². The van der Waals surface area contributed by atoms with Gasteiger partial charge in [-0.25, -0.2) is 0 Å². The monoisotopic (exact) mass is 283 g/mol. The van der Waals surface area contributed by atoms with Gasteiger partial charge in [0.2, 0.25) is 0 Å². The van der Waals surface area contributed by atoms with E-state index in [2.05, 4.69) is 35.8 Å². The van der Waals surface area contributed by atoms with Gasteiger partial charge in [-0.05, 0) is 37.7 Å². The number of carbonyl (C=O) groups is 1. The number of amides is 1. The summed E-state index contributed by atoms with van der Waals surface area (Å²) in [6, 6.07) is 0.204. The Kier molecular flexibility index (Phi) is 6.28. The molecule has 0 aliphatic rings. The van der Waals surface area contributed by atoms with Gasteiger partial charge in [0, 0.05) is 13.1 Å². The quantitative estimate of drug-likeness (QED) is 0.806. The SMILES string of the molecule is CNc1snc(C)c1C(=O)NC(C)CCCC(C)C. The van der Waals surface area contributed by atoms with Crippen molar-refractivity contribution in [2.45, 2.75) is 53.0 Å². The summed E-state index contributed by atoms with van der Waals surface area (Å²) in [4.78, 5) is 12.2. The Balaban J connectivity index is 2.52. The van der Waals surface area contributed by atoms with Crippen LogP contribution in [-0.4, -0.2) is 23.4 Å². The van der Waals surface area contributed by atoms with Gasteiger partial charge in [-0.15, -0.1) is 0 Å². The predicted molar refractivity (Wildman–Crippen MR) is 82.0 cm³/mol. The van der Waals surface area contributed by atoms with Gasteiger partial charge in [0.1, 0.15) is 5.00 Å². The van der Waals surface area contributed by atoms with Crippen LogP contribution in [-0.2, 0) is 0 Å². The standard InChI is InChI=1S/C14H25N3OS/c1-9(2)7-6-8-10(3)16-13(18)12-11(4)17-19-14(12)15-5/h9-10,15H,6-8H2,1-5H3,(H,16,18). The third kappa shape index (κ3) is 4.82. The van der Waals surface area contributed by atoms with Gasteiger partial charge in [-0.2, -0.15) is 4.37 Å². The van der Waals surface area contributed by atoms with Crippen molar-refractivity contribution in [3.8, 4) is 0 Å². The third-order valence-electron chi connectivity index (χ3n) is 3.11. The summed E-state index contributed by atoms with van der Waals surface area (Å²) in [5.74, 6) is 0.703. The molecule has 0 aromatic carbocycles. The lowest BCUT2D eigenvalue weighted by molar-refractivity contribution is 0.0938. The molecule has 0 aliphatic carbocycles. The van der Waals surface area contributed by atoms with Crippen molar-refractivity contribution < 1.29 is 4.79 Å². The van der Waals surface area contributed by atoms with Crippen LogP contribution in [0.4, 0.5) is 5.00 Å². The molecule has 0 saturated carbocycles. The van der Waals surface area contributed by atoms with Crippen LogP contribution in [0.5, 0.6) is 0 Å². The van der Waals surface area contributed by atoms with E-state index in [1.807, 2.05) is 14.0 Å². The molecule has 5 heteroatoms. The van der Waals surface area contributed by atoms with Crippen LogP contribution in [0.15, 0.2) is 0 Å². The number of anilines is 1. The van der Waals surface area contributed by atoms with Crippen molar-refractivity contribution in [3.05, 3.63) is 11.3 Å². The Morgan fingerprint density at radius 1 is 1.32 bits per heavy atom. The Morgan fingerprint density at radius 2 is 2.00 bits per heavy atom. The fourth-order valence-electron chi connectivity index (χ4n) is 2.01. The van der Waals surface area contributed by atoms with Gasteiger partial charge in [-0.3, -0.25) is 4.79 Å². The second kappa shape index (κ2) is 7.48. The average molecular weight is 283 g/mol.